The Morgan fingerprint density at radius 3 is 2.52 bits per heavy atom. The van der Waals surface area contributed by atoms with Crippen LogP contribution in [-0.4, -0.2) is 43.2 Å². The Balaban J connectivity index is 2.72. The van der Waals surface area contributed by atoms with Gasteiger partial charge in [-0.3, -0.25) is 4.79 Å². The number of carbonyl (C=O) groups excluding carboxylic acids is 1. The van der Waals surface area contributed by atoms with E-state index in [9.17, 15) is 9.90 Å². The summed E-state index contributed by atoms with van der Waals surface area (Å²) >= 11 is 3.42. The minimum atomic E-state index is -0.166. The van der Waals surface area contributed by atoms with E-state index in [2.05, 4.69) is 50.7 Å². The zero-order chi connectivity index (χ0) is 20.3. The molecule has 1 rings (SSSR count). The molecule has 7 heteroatoms. The zero-order valence-corrected chi connectivity index (χ0v) is 18.4. The molecule has 0 atom stereocenters. The first kappa shape index (κ1) is 23.4. The van der Waals surface area contributed by atoms with Crippen LogP contribution in [0.2, 0.25) is 0 Å². The summed E-state index contributed by atoms with van der Waals surface area (Å²) in [5, 5.41) is 18.8. The number of aryl methyl sites for hydroxylation is 1. The van der Waals surface area contributed by atoms with Gasteiger partial charge in [-0.25, -0.2) is 4.99 Å². The molecule has 6 nitrogen and oxygen atoms in total. The molecule has 1 aromatic carbocycles. The van der Waals surface area contributed by atoms with Crippen LogP contribution in [-0.2, 0) is 4.79 Å². The number of nitrogens with one attached hydrogen (secondary N) is 3. The van der Waals surface area contributed by atoms with E-state index >= 15 is 0 Å². The maximum absolute atomic E-state index is 12.3. The first-order valence-corrected chi connectivity index (χ1v) is 10.4. The van der Waals surface area contributed by atoms with Crippen molar-refractivity contribution < 1.29 is 9.90 Å². The molecular formula is C20H33BrN4O2. The smallest absolute Gasteiger partial charge is 0.246 e. The van der Waals surface area contributed by atoms with Crippen LogP contribution >= 0.6 is 15.9 Å². The fraction of sp³-hybridized carbons (Fsp3) is 0.600. The number of amides is 1. The first-order valence-electron chi connectivity index (χ1n) is 9.58. The van der Waals surface area contributed by atoms with Crippen LogP contribution in [0.1, 0.15) is 45.6 Å². The minimum Gasteiger partial charge on any atom is -0.396 e. The van der Waals surface area contributed by atoms with E-state index in [4.69, 9.17) is 0 Å². The highest BCUT2D eigenvalue weighted by atomic mass is 79.9. The number of hydrogen-bond acceptors (Lipinski definition) is 3. The van der Waals surface area contributed by atoms with E-state index in [-0.39, 0.29) is 24.5 Å². The van der Waals surface area contributed by atoms with Crippen molar-refractivity contribution in [3.8, 4) is 0 Å². The Hall–Kier alpha value is -1.60. The highest BCUT2D eigenvalue weighted by molar-refractivity contribution is 9.10. The normalized spacial score (nSPS) is 12.0. The molecular weight excluding hydrogens is 408 g/mol. The van der Waals surface area contributed by atoms with Crippen LogP contribution in [0.15, 0.2) is 27.7 Å². The highest BCUT2D eigenvalue weighted by Crippen LogP contribution is 2.29. The third-order valence-corrected chi connectivity index (χ3v) is 5.46. The SMILES string of the molecule is CCNC(=NCC(=O)Nc1cc(Br)ccc1C)NCC(CC)(CC)CCO. The monoisotopic (exact) mass is 440 g/mol. The number of guanidine groups is 1. The minimum absolute atomic E-state index is 0.0284. The van der Waals surface area contributed by atoms with E-state index in [1.165, 1.54) is 0 Å². The molecule has 4 N–H and O–H groups in total. The standard InChI is InChI=1S/C20H33BrN4O2/c1-5-20(6-2,10-11-26)14-24-19(22-7-3)23-13-18(27)25-17-12-16(21)9-8-15(17)4/h8-9,12,26H,5-7,10-11,13-14H2,1-4H3,(H,25,27)(H2,22,23,24). The average Bonchev–Trinajstić information content (AvgIpc) is 2.66. The second-order valence-corrected chi connectivity index (χ2v) is 7.65. The summed E-state index contributed by atoms with van der Waals surface area (Å²) < 4.78 is 0.918. The summed E-state index contributed by atoms with van der Waals surface area (Å²) in [6.07, 6.45) is 2.69. The van der Waals surface area contributed by atoms with Crippen molar-refractivity contribution in [3.05, 3.63) is 28.2 Å². The Morgan fingerprint density at radius 2 is 1.93 bits per heavy atom. The van der Waals surface area contributed by atoms with Gasteiger partial charge in [0, 0.05) is 29.9 Å². The number of anilines is 1. The molecule has 152 valence electrons. The van der Waals surface area contributed by atoms with Crippen molar-refractivity contribution in [2.45, 2.75) is 47.0 Å². The summed E-state index contributed by atoms with van der Waals surface area (Å²) in [7, 11) is 0. The molecule has 0 aromatic heterocycles. The number of benzene rings is 1. The first-order chi connectivity index (χ1) is 12.9. The number of aliphatic imine (C=N–C) groups is 1. The van der Waals surface area contributed by atoms with Crippen LogP contribution in [0.4, 0.5) is 5.69 Å². The molecule has 1 amide bonds. The van der Waals surface area contributed by atoms with Gasteiger partial charge in [0.25, 0.3) is 0 Å². The maximum atomic E-state index is 12.3. The second-order valence-electron chi connectivity index (χ2n) is 6.74. The van der Waals surface area contributed by atoms with E-state index in [0.29, 0.717) is 19.0 Å². The Labute approximate surface area is 171 Å². The van der Waals surface area contributed by atoms with E-state index in [1.807, 2.05) is 32.0 Å². The number of rotatable bonds is 10. The number of carbonyl (C=O) groups is 1. The van der Waals surface area contributed by atoms with Crippen LogP contribution in [0.25, 0.3) is 0 Å². The number of aliphatic hydroxyl groups excluding tert-OH is 1. The number of halogens is 1. The molecule has 0 heterocycles. The predicted molar refractivity (Wildman–Crippen MR) is 116 cm³/mol. The van der Waals surface area contributed by atoms with Crippen molar-refractivity contribution in [1.29, 1.82) is 0 Å². The molecule has 0 spiro atoms. The fourth-order valence-corrected chi connectivity index (χ4v) is 3.22. The molecule has 1 aromatic rings. The molecule has 0 aliphatic rings. The largest absolute Gasteiger partial charge is 0.396 e. The third-order valence-electron chi connectivity index (χ3n) is 4.97. The second kappa shape index (κ2) is 12.0. The zero-order valence-electron chi connectivity index (χ0n) is 16.9. The quantitative estimate of drug-likeness (QED) is 0.331. The summed E-state index contributed by atoms with van der Waals surface area (Å²) in [5.74, 6) is 0.448. The van der Waals surface area contributed by atoms with Gasteiger partial charge in [0.15, 0.2) is 5.96 Å². The Kier molecular flexibility index (Phi) is 10.4. The van der Waals surface area contributed by atoms with Crippen molar-refractivity contribution >= 4 is 33.5 Å². The van der Waals surface area contributed by atoms with E-state index in [0.717, 1.165) is 35.0 Å². The molecule has 0 fully saturated rings. The third kappa shape index (κ3) is 7.89. The predicted octanol–water partition coefficient (Wildman–Crippen LogP) is 3.44. The summed E-state index contributed by atoms with van der Waals surface area (Å²) in [4.78, 5) is 16.7. The van der Waals surface area contributed by atoms with Gasteiger partial charge in [-0.15, -0.1) is 0 Å². The molecule has 0 aliphatic carbocycles. The van der Waals surface area contributed by atoms with E-state index < -0.39 is 0 Å². The van der Waals surface area contributed by atoms with Crippen LogP contribution in [0, 0.1) is 12.3 Å². The van der Waals surface area contributed by atoms with Crippen molar-refractivity contribution in [2.75, 3.05) is 31.6 Å². The Morgan fingerprint density at radius 1 is 1.22 bits per heavy atom. The van der Waals surface area contributed by atoms with Crippen LogP contribution in [0.5, 0.6) is 0 Å². The topological polar surface area (TPSA) is 85.8 Å². The van der Waals surface area contributed by atoms with Crippen molar-refractivity contribution in [1.82, 2.24) is 10.6 Å². The highest BCUT2D eigenvalue weighted by Gasteiger charge is 2.25. The molecule has 0 unspecified atom stereocenters. The number of nitrogens with zero attached hydrogens (tertiary/aromatic N) is 1. The van der Waals surface area contributed by atoms with Crippen LogP contribution in [0.3, 0.4) is 0 Å². The van der Waals surface area contributed by atoms with Gasteiger partial charge >= 0.3 is 0 Å². The molecule has 0 bridgehead atoms. The van der Waals surface area contributed by atoms with Crippen LogP contribution < -0.4 is 16.0 Å². The lowest BCUT2D eigenvalue weighted by atomic mass is 9.79. The Bertz CT molecular complexity index is 630. The van der Waals surface area contributed by atoms with Gasteiger partial charge in [0.1, 0.15) is 6.54 Å². The van der Waals surface area contributed by atoms with Gasteiger partial charge in [0.2, 0.25) is 5.91 Å². The lowest BCUT2D eigenvalue weighted by molar-refractivity contribution is -0.114. The van der Waals surface area contributed by atoms with Gasteiger partial charge in [-0.1, -0.05) is 35.8 Å². The van der Waals surface area contributed by atoms with E-state index in [1.54, 1.807) is 0 Å². The molecule has 0 radical (unpaired) electrons. The van der Waals surface area contributed by atoms with Crippen molar-refractivity contribution in [3.63, 3.8) is 0 Å². The van der Waals surface area contributed by atoms with Crippen molar-refractivity contribution in [2.24, 2.45) is 10.4 Å². The molecule has 0 saturated heterocycles. The number of hydrogen-bond donors (Lipinski definition) is 4. The lowest BCUT2D eigenvalue weighted by Gasteiger charge is -2.32. The average molecular weight is 441 g/mol. The number of aliphatic hydroxyl groups is 1. The molecule has 0 saturated carbocycles. The molecule has 0 aliphatic heterocycles. The fourth-order valence-electron chi connectivity index (χ4n) is 2.86. The summed E-state index contributed by atoms with van der Waals surface area (Å²) in [6.45, 7) is 9.84. The van der Waals surface area contributed by atoms with Gasteiger partial charge in [-0.2, -0.15) is 0 Å². The summed E-state index contributed by atoms with van der Waals surface area (Å²) in [5.41, 5.74) is 1.81. The molecule has 27 heavy (non-hydrogen) atoms. The van der Waals surface area contributed by atoms with Gasteiger partial charge < -0.3 is 21.1 Å². The van der Waals surface area contributed by atoms with Gasteiger partial charge in [-0.05, 0) is 56.2 Å². The summed E-state index contributed by atoms with van der Waals surface area (Å²) in [6, 6.07) is 5.77. The lowest BCUT2D eigenvalue weighted by Crippen LogP contribution is -2.44. The maximum Gasteiger partial charge on any atom is 0.246 e. The van der Waals surface area contributed by atoms with Gasteiger partial charge in [0.05, 0.1) is 0 Å².